The predicted octanol–water partition coefficient (Wildman–Crippen LogP) is 10.8. The molecule has 0 saturated heterocycles. The molecule has 0 amide bonds. The van der Waals surface area contributed by atoms with Crippen molar-refractivity contribution in [3.63, 3.8) is 0 Å². The van der Waals surface area contributed by atoms with Crippen LogP contribution >= 0.6 is 11.8 Å². The van der Waals surface area contributed by atoms with E-state index in [9.17, 15) is 0 Å². The van der Waals surface area contributed by atoms with Gasteiger partial charge in [0, 0.05) is 43.6 Å². The zero-order chi connectivity index (χ0) is 32.8. The average molecular weight is 657 g/mol. The molecule has 3 aromatic heterocycles. The molecule has 9 aromatic rings. The molecule has 0 N–H and O–H groups in total. The van der Waals surface area contributed by atoms with Crippen LogP contribution in [0.1, 0.15) is 0 Å². The summed E-state index contributed by atoms with van der Waals surface area (Å²) < 4.78 is 7.34. The number of fused-ring (bicyclic) bond motifs is 7. The van der Waals surface area contributed by atoms with Crippen molar-refractivity contribution >= 4 is 63.2 Å². The highest BCUT2D eigenvalue weighted by molar-refractivity contribution is 7.99. The average Bonchev–Trinajstić information content (AvgIpc) is 3.93. The fraction of sp³-hybridized carbons (Fsp3) is 0. The van der Waals surface area contributed by atoms with Gasteiger partial charge in [0.1, 0.15) is 5.82 Å². The zero-order valence-corrected chi connectivity index (χ0v) is 27.8. The van der Waals surface area contributed by atoms with E-state index in [0.717, 1.165) is 11.5 Å². The maximum absolute atomic E-state index is 2.53. The van der Waals surface area contributed by atoms with Gasteiger partial charge in [-0.15, -0.1) is 0 Å². The molecule has 5 heterocycles. The summed E-state index contributed by atoms with van der Waals surface area (Å²) in [5.41, 5.74) is 12.0. The minimum Gasteiger partial charge on any atom is -0.362 e. The molecule has 0 spiro atoms. The van der Waals surface area contributed by atoms with Crippen molar-refractivity contribution in [2.75, 3.05) is 4.90 Å². The second-order valence-electron chi connectivity index (χ2n) is 13.0. The molecule has 0 bridgehead atoms. The van der Waals surface area contributed by atoms with Gasteiger partial charge in [0.05, 0.1) is 21.7 Å². The van der Waals surface area contributed by atoms with Gasteiger partial charge in [-0.1, -0.05) is 127 Å². The third-order valence-electron chi connectivity index (χ3n) is 10.3. The van der Waals surface area contributed by atoms with Gasteiger partial charge in [0.15, 0.2) is 0 Å². The molecule has 0 fully saturated rings. The van der Waals surface area contributed by atoms with Gasteiger partial charge >= 0.3 is 6.98 Å². The quantitative estimate of drug-likeness (QED) is 0.176. The molecule has 11 rings (SSSR count). The lowest BCUT2D eigenvalue weighted by molar-refractivity contribution is 0.957. The highest BCUT2D eigenvalue weighted by Gasteiger charge is 2.43. The van der Waals surface area contributed by atoms with Crippen LogP contribution in [-0.2, 0) is 0 Å². The Balaban J connectivity index is 1.27. The zero-order valence-electron chi connectivity index (χ0n) is 27.0. The number of rotatable bonds is 4. The molecule has 234 valence electrons. The maximum atomic E-state index is 2.53. The number of para-hydroxylation sites is 3. The van der Waals surface area contributed by atoms with E-state index in [-0.39, 0.29) is 6.98 Å². The lowest BCUT2D eigenvalue weighted by atomic mass is 9.64. The molecule has 4 nitrogen and oxygen atoms in total. The number of anilines is 3. The summed E-state index contributed by atoms with van der Waals surface area (Å²) in [7, 11) is 0. The third-order valence-corrected chi connectivity index (χ3v) is 11.5. The third kappa shape index (κ3) is 3.91. The van der Waals surface area contributed by atoms with Crippen molar-refractivity contribution in [3.8, 4) is 27.9 Å². The van der Waals surface area contributed by atoms with Gasteiger partial charge in [-0.3, -0.25) is 4.90 Å². The first-order valence-corrected chi connectivity index (χ1v) is 17.9. The molecule has 0 radical (unpaired) electrons. The SMILES string of the molecule is c1ccc(-c2cccc(-c3ccccc3)c2N2c3cc(-n4c5ccccc5c5ccccc54)cc4c3B(n3cccc3S4)n3cccc32)cc1. The predicted molar refractivity (Wildman–Crippen MR) is 209 cm³/mol. The van der Waals surface area contributed by atoms with Crippen molar-refractivity contribution in [1.82, 2.24) is 13.5 Å². The van der Waals surface area contributed by atoms with E-state index in [1.807, 2.05) is 11.8 Å². The van der Waals surface area contributed by atoms with Crippen LogP contribution in [0.25, 0.3) is 49.7 Å². The summed E-state index contributed by atoms with van der Waals surface area (Å²) in [6, 6.07) is 59.7. The molecule has 0 unspecified atom stereocenters. The minimum absolute atomic E-state index is 0.00348. The Morgan fingerprint density at radius 2 is 1.10 bits per heavy atom. The molecule has 0 aliphatic carbocycles. The second kappa shape index (κ2) is 10.7. The highest BCUT2D eigenvalue weighted by atomic mass is 32.2. The Morgan fingerprint density at radius 1 is 0.500 bits per heavy atom. The first-order chi connectivity index (χ1) is 24.8. The van der Waals surface area contributed by atoms with E-state index >= 15 is 0 Å². The van der Waals surface area contributed by atoms with Crippen molar-refractivity contribution < 1.29 is 0 Å². The van der Waals surface area contributed by atoms with Gasteiger partial charge in [-0.25, -0.2) is 0 Å². The first kappa shape index (κ1) is 27.8. The van der Waals surface area contributed by atoms with Gasteiger partial charge in [-0.2, -0.15) is 0 Å². The van der Waals surface area contributed by atoms with Gasteiger partial charge < -0.3 is 13.5 Å². The molecular weight excluding hydrogens is 627 g/mol. The van der Waals surface area contributed by atoms with Crippen LogP contribution in [0.2, 0.25) is 0 Å². The van der Waals surface area contributed by atoms with E-state index in [2.05, 4.69) is 195 Å². The monoisotopic (exact) mass is 656 g/mol. The molecule has 50 heavy (non-hydrogen) atoms. The number of benzene rings is 6. The first-order valence-electron chi connectivity index (χ1n) is 17.1. The molecule has 0 saturated carbocycles. The highest BCUT2D eigenvalue weighted by Crippen LogP contribution is 2.50. The van der Waals surface area contributed by atoms with Crippen LogP contribution < -0.4 is 10.4 Å². The maximum Gasteiger partial charge on any atom is 0.424 e. The van der Waals surface area contributed by atoms with E-state index in [1.165, 1.54) is 70.8 Å². The summed E-state index contributed by atoms with van der Waals surface area (Å²) in [6.07, 6.45) is 4.47. The van der Waals surface area contributed by atoms with Crippen LogP contribution in [0.5, 0.6) is 0 Å². The normalized spacial score (nSPS) is 13.0. The van der Waals surface area contributed by atoms with Crippen molar-refractivity contribution in [3.05, 3.63) is 176 Å². The van der Waals surface area contributed by atoms with E-state index in [4.69, 9.17) is 0 Å². The van der Waals surface area contributed by atoms with Crippen LogP contribution in [0.4, 0.5) is 17.2 Å². The number of aromatic nitrogens is 3. The van der Waals surface area contributed by atoms with Gasteiger partial charge in [0.25, 0.3) is 0 Å². The largest absolute Gasteiger partial charge is 0.424 e. The smallest absolute Gasteiger partial charge is 0.362 e. The van der Waals surface area contributed by atoms with E-state index < -0.39 is 0 Å². The lowest BCUT2D eigenvalue weighted by Gasteiger charge is -2.41. The molecule has 6 heteroatoms. The van der Waals surface area contributed by atoms with Crippen LogP contribution in [-0.4, -0.2) is 20.5 Å². The van der Waals surface area contributed by atoms with Gasteiger partial charge in [0.2, 0.25) is 0 Å². The van der Waals surface area contributed by atoms with Crippen LogP contribution in [0, 0.1) is 0 Å². The fourth-order valence-electron chi connectivity index (χ4n) is 8.27. The number of hydrogen-bond donors (Lipinski definition) is 0. The number of nitrogens with zero attached hydrogens (tertiary/aromatic N) is 4. The summed E-state index contributed by atoms with van der Waals surface area (Å²) in [5.74, 6) is 1.14. The number of hydrogen-bond acceptors (Lipinski definition) is 2. The summed E-state index contributed by atoms with van der Waals surface area (Å²) >= 11 is 1.86. The fourth-order valence-corrected chi connectivity index (χ4v) is 9.41. The topological polar surface area (TPSA) is 18.0 Å². The lowest BCUT2D eigenvalue weighted by Crippen LogP contribution is -2.53. The summed E-state index contributed by atoms with van der Waals surface area (Å²) in [5, 5.41) is 3.77. The minimum atomic E-state index is 0.00348. The Kier molecular flexibility index (Phi) is 5.95. The summed E-state index contributed by atoms with van der Waals surface area (Å²) in [6.45, 7) is 0.00348. The van der Waals surface area contributed by atoms with Crippen LogP contribution in [0.3, 0.4) is 0 Å². The van der Waals surface area contributed by atoms with Crippen LogP contribution in [0.15, 0.2) is 186 Å². The molecule has 6 aromatic carbocycles. The molecular formula is C44H29BN4S. The van der Waals surface area contributed by atoms with Crippen molar-refractivity contribution in [2.45, 2.75) is 9.92 Å². The summed E-state index contributed by atoms with van der Waals surface area (Å²) in [4.78, 5) is 3.81. The Morgan fingerprint density at radius 3 is 1.78 bits per heavy atom. The van der Waals surface area contributed by atoms with E-state index in [1.54, 1.807) is 0 Å². The Hall–Kier alpha value is -6.11. The van der Waals surface area contributed by atoms with Crippen molar-refractivity contribution in [1.29, 1.82) is 0 Å². The molecule has 2 aliphatic rings. The molecule has 0 atom stereocenters. The molecule has 2 aliphatic heterocycles. The second-order valence-corrected chi connectivity index (χ2v) is 14.1. The van der Waals surface area contributed by atoms with Gasteiger partial charge in [-0.05, 0) is 72.1 Å². The van der Waals surface area contributed by atoms with E-state index in [0.29, 0.717) is 0 Å². The Bertz CT molecular complexity index is 2650. The van der Waals surface area contributed by atoms with Crippen molar-refractivity contribution in [2.24, 2.45) is 0 Å². The standard InChI is InChI=1S/C44H29BN4S/c1-3-14-30(15-4-1)33-20-11-21-34(31-16-5-2-6-17-31)44(33)49-39-28-32(48-37-22-9-7-18-35(37)36-19-8-10-23-38(36)48)29-40-43(39)45(46-26-12-24-41(46)49)47-27-13-25-42(47)50-40/h1-29H. The Labute approximate surface area is 294 Å².